The summed E-state index contributed by atoms with van der Waals surface area (Å²) in [4.78, 5) is 17.8. The third-order valence-corrected chi connectivity index (χ3v) is 2.63. The van der Waals surface area contributed by atoms with Gasteiger partial charge < -0.3 is 4.98 Å². The number of aromatic nitrogens is 2. The Kier molecular flexibility index (Phi) is 2.97. The summed E-state index contributed by atoms with van der Waals surface area (Å²) in [6, 6.07) is 7.88. The van der Waals surface area contributed by atoms with E-state index < -0.39 is 0 Å². The maximum Gasteiger partial charge on any atom is 0.254 e. The van der Waals surface area contributed by atoms with Crippen molar-refractivity contribution in [1.82, 2.24) is 9.97 Å². The molecule has 0 aliphatic rings. The van der Waals surface area contributed by atoms with Gasteiger partial charge in [0.05, 0.1) is 6.33 Å². The molecule has 0 spiro atoms. The second-order valence-corrected chi connectivity index (χ2v) is 4.12. The van der Waals surface area contributed by atoms with Crippen molar-refractivity contribution in [2.75, 3.05) is 0 Å². The fraction of sp³-hybridized carbons (Fsp3) is 0.0909. The van der Waals surface area contributed by atoms with Crippen LogP contribution in [0.2, 0.25) is 0 Å². The van der Waals surface area contributed by atoms with Crippen LogP contribution in [0.25, 0.3) is 0 Å². The lowest BCUT2D eigenvalue weighted by molar-refractivity contribution is 1.02. The normalized spacial score (nSPS) is 10.2. The van der Waals surface area contributed by atoms with Gasteiger partial charge in [0.15, 0.2) is 0 Å². The maximum absolute atomic E-state index is 11.4. The quantitative estimate of drug-likeness (QED) is 0.904. The molecule has 0 saturated heterocycles. The smallest absolute Gasteiger partial charge is 0.254 e. The van der Waals surface area contributed by atoms with E-state index in [9.17, 15) is 4.79 Å². The molecule has 0 radical (unpaired) electrons. The Morgan fingerprint density at radius 2 is 2.00 bits per heavy atom. The summed E-state index contributed by atoms with van der Waals surface area (Å²) >= 11 is 3.37. The number of rotatable bonds is 2. The predicted molar refractivity (Wildman–Crippen MR) is 61.8 cm³/mol. The molecule has 1 heterocycles. The Morgan fingerprint density at radius 3 is 2.67 bits per heavy atom. The van der Waals surface area contributed by atoms with E-state index in [0.717, 1.165) is 10.0 Å². The lowest BCUT2D eigenvalue weighted by Gasteiger charge is -2.00. The van der Waals surface area contributed by atoms with Crippen LogP contribution in [0.3, 0.4) is 0 Å². The van der Waals surface area contributed by atoms with Crippen molar-refractivity contribution in [3.05, 3.63) is 62.7 Å². The van der Waals surface area contributed by atoms with Crippen LogP contribution in [0.4, 0.5) is 0 Å². The first-order valence-corrected chi connectivity index (χ1v) is 5.31. The van der Waals surface area contributed by atoms with Gasteiger partial charge in [-0.3, -0.25) is 4.79 Å². The Bertz CT molecular complexity index is 504. The van der Waals surface area contributed by atoms with Gasteiger partial charge in [0.1, 0.15) is 0 Å². The summed E-state index contributed by atoms with van der Waals surface area (Å²) in [5, 5.41) is 0. The van der Waals surface area contributed by atoms with Crippen LogP contribution in [0.15, 0.2) is 46.1 Å². The first kappa shape index (κ1) is 10.1. The molecule has 0 amide bonds. The van der Waals surface area contributed by atoms with Gasteiger partial charge in [0.25, 0.3) is 5.56 Å². The zero-order chi connectivity index (χ0) is 10.7. The molecular formula is C11H9BrN2O. The minimum Gasteiger partial charge on any atom is -0.313 e. The molecule has 0 aliphatic heterocycles. The van der Waals surface area contributed by atoms with Gasteiger partial charge in [-0.2, -0.15) is 0 Å². The molecule has 0 atom stereocenters. The van der Waals surface area contributed by atoms with Gasteiger partial charge >= 0.3 is 0 Å². The molecule has 76 valence electrons. The summed E-state index contributed by atoms with van der Waals surface area (Å²) in [5.74, 6) is 0. The molecule has 3 nitrogen and oxygen atoms in total. The summed E-state index contributed by atoms with van der Waals surface area (Å²) < 4.78 is 1.03. The van der Waals surface area contributed by atoms with Crippen LogP contribution in [-0.4, -0.2) is 9.97 Å². The van der Waals surface area contributed by atoms with E-state index in [2.05, 4.69) is 25.9 Å². The average Bonchev–Trinajstić information content (AvgIpc) is 2.25. The summed E-state index contributed by atoms with van der Waals surface area (Å²) in [6.07, 6.45) is 3.60. The van der Waals surface area contributed by atoms with Crippen LogP contribution in [0.5, 0.6) is 0 Å². The number of nitrogens with one attached hydrogen (secondary N) is 1. The van der Waals surface area contributed by atoms with Crippen LogP contribution in [0.1, 0.15) is 11.1 Å². The monoisotopic (exact) mass is 264 g/mol. The molecule has 2 rings (SSSR count). The number of hydrogen-bond acceptors (Lipinski definition) is 2. The molecule has 1 aromatic heterocycles. The number of benzene rings is 1. The lowest BCUT2D eigenvalue weighted by Crippen LogP contribution is -2.12. The van der Waals surface area contributed by atoms with Crippen molar-refractivity contribution in [2.45, 2.75) is 6.42 Å². The van der Waals surface area contributed by atoms with Gasteiger partial charge in [-0.1, -0.05) is 28.1 Å². The summed E-state index contributed by atoms with van der Waals surface area (Å²) in [5.41, 5.74) is 1.70. The molecule has 0 unspecified atom stereocenters. The molecule has 4 heteroatoms. The number of halogens is 1. The Balaban J connectivity index is 2.26. The Morgan fingerprint density at radius 1 is 1.27 bits per heavy atom. The minimum absolute atomic E-state index is 0.0760. The van der Waals surface area contributed by atoms with Crippen LogP contribution in [-0.2, 0) is 6.42 Å². The highest BCUT2D eigenvalue weighted by Crippen LogP contribution is 2.12. The standard InChI is InChI=1S/C11H9BrN2O/c12-10-3-1-8(2-4-10)5-9-6-13-7-14-11(9)15/h1-4,6-7H,5H2,(H,13,14,15). The number of hydrogen-bond donors (Lipinski definition) is 1. The highest BCUT2D eigenvalue weighted by molar-refractivity contribution is 9.10. The van der Waals surface area contributed by atoms with E-state index in [0.29, 0.717) is 12.0 Å². The maximum atomic E-state index is 11.4. The molecular weight excluding hydrogens is 256 g/mol. The predicted octanol–water partition coefficient (Wildman–Crippen LogP) is 2.12. The molecule has 0 bridgehead atoms. The highest BCUT2D eigenvalue weighted by Gasteiger charge is 2.00. The molecule has 1 N–H and O–H groups in total. The van der Waals surface area contributed by atoms with Crippen molar-refractivity contribution in [3.63, 3.8) is 0 Å². The van der Waals surface area contributed by atoms with Crippen molar-refractivity contribution in [1.29, 1.82) is 0 Å². The Labute approximate surface area is 95.3 Å². The van der Waals surface area contributed by atoms with Crippen LogP contribution in [0, 0.1) is 0 Å². The first-order chi connectivity index (χ1) is 7.25. The first-order valence-electron chi connectivity index (χ1n) is 4.52. The molecule has 0 fully saturated rings. The summed E-state index contributed by atoms with van der Waals surface area (Å²) in [7, 11) is 0. The highest BCUT2D eigenvalue weighted by atomic mass is 79.9. The molecule has 2 aromatic rings. The second-order valence-electron chi connectivity index (χ2n) is 3.21. The zero-order valence-electron chi connectivity index (χ0n) is 7.90. The molecule has 15 heavy (non-hydrogen) atoms. The fourth-order valence-electron chi connectivity index (χ4n) is 1.32. The van der Waals surface area contributed by atoms with E-state index >= 15 is 0 Å². The van der Waals surface area contributed by atoms with E-state index in [1.807, 2.05) is 24.3 Å². The molecule has 0 saturated carbocycles. The molecule has 1 aromatic carbocycles. The van der Waals surface area contributed by atoms with Gasteiger partial charge in [0.2, 0.25) is 0 Å². The number of nitrogens with zero attached hydrogens (tertiary/aromatic N) is 1. The van der Waals surface area contributed by atoms with Crippen LogP contribution < -0.4 is 5.56 Å². The van der Waals surface area contributed by atoms with Crippen LogP contribution >= 0.6 is 15.9 Å². The fourth-order valence-corrected chi connectivity index (χ4v) is 1.59. The van der Waals surface area contributed by atoms with Gasteiger partial charge in [-0.15, -0.1) is 0 Å². The average molecular weight is 265 g/mol. The largest absolute Gasteiger partial charge is 0.313 e. The van der Waals surface area contributed by atoms with E-state index in [-0.39, 0.29) is 5.56 Å². The van der Waals surface area contributed by atoms with E-state index in [1.165, 1.54) is 6.33 Å². The van der Waals surface area contributed by atoms with Crippen molar-refractivity contribution < 1.29 is 0 Å². The third-order valence-electron chi connectivity index (χ3n) is 2.10. The minimum atomic E-state index is -0.0760. The van der Waals surface area contributed by atoms with Crippen molar-refractivity contribution in [3.8, 4) is 0 Å². The molecule has 0 aliphatic carbocycles. The van der Waals surface area contributed by atoms with Gasteiger partial charge in [-0.25, -0.2) is 4.98 Å². The van der Waals surface area contributed by atoms with Crippen molar-refractivity contribution >= 4 is 15.9 Å². The van der Waals surface area contributed by atoms with Gasteiger partial charge in [-0.05, 0) is 17.7 Å². The topological polar surface area (TPSA) is 45.8 Å². The second kappa shape index (κ2) is 4.40. The van der Waals surface area contributed by atoms with E-state index in [4.69, 9.17) is 0 Å². The van der Waals surface area contributed by atoms with Gasteiger partial charge in [0, 0.05) is 22.7 Å². The lowest BCUT2D eigenvalue weighted by atomic mass is 10.1. The summed E-state index contributed by atoms with van der Waals surface area (Å²) in [6.45, 7) is 0. The number of H-pyrrole nitrogens is 1. The van der Waals surface area contributed by atoms with E-state index in [1.54, 1.807) is 6.20 Å². The number of aromatic amines is 1. The Hall–Kier alpha value is -1.42. The third kappa shape index (κ3) is 2.53. The zero-order valence-corrected chi connectivity index (χ0v) is 9.49. The SMILES string of the molecule is O=c1[nH]cncc1Cc1ccc(Br)cc1. The van der Waals surface area contributed by atoms with Crippen molar-refractivity contribution in [2.24, 2.45) is 0 Å².